The highest BCUT2D eigenvalue weighted by Crippen LogP contribution is 2.26. The third-order valence-electron chi connectivity index (χ3n) is 2.97. The fourth-order valence-electron chi connectivity index (χ4n) is 1.85. The number of ether oxygens (including phenoxy) is 2. The molecule has 0 heterocycles. The Labute approximate surface area is 121 Å². The monoisotopic (exact) mass is 276 g/mol. The molecule has 0 aromatic heterocycles. The van der Waals surface area contributed by atoms with E-state index in [2.05, 4.69) is 13.0 Å². The lowest BCUT2D eigenvalue weighted by molar-refractivity contribution is -0.133. The number of hydrogen-bond donors (Lipinski definition) is 0. The highest BCUT2D eigenvalue weighted by Gasteiger charge is 2.07. The molecule has 1 aromatic rings. The standard InChI is InChI=1S/C17H24O3/c1-3-4-5-6-7-8-9-14-17(18)20-16-13-11-10-12-15(16)19-2/h8-13H,3-7,14H2,1-2H3/b9-8+. The first-order valence-electron chi connectivity index (χ1n) is 7.26. The van der Waals surface area contributed by atoms with Gasteiger partial charge < -0.3 is 9.47 Å². The van der Waals surface area contributed by atoms with Crippen LogP contribution in [0.25, 0.3) is 0 Å². The van der Waals surface area contributed by atoms with Crippen LogP contribution in [-0.4, -0.2) is 13.1 Å². The normalized spacial score (nSPS) is 10.7. The third kappa shape index (κ3) is 6.41. The molecular weight excluding hydrogens is 252 g/mol. The summed E-state index contributed by atoms with van der Waals surface area (Å²) in [5.41, 5.74) is 0. The molecule has 3 heteroatoms. The minimum Gasteiger partial charge on any atom is -0.493 e. The predicted octanol–water partition coefficient (Wildman–Crippen LogP) is 4.52. The number of unbranched alkanes of at least 4 members (excludes halogenated alkanes) is 4. The average Bonchev–Trinajstić information content (AvgIpc) is 2.47. The summed E-state index contributed by atoms with van der Waals surface area (Å²) in [5.74, 6) is 0.778. The van der Waals surface area contributed by atoms with Gasteiger partial charge in [-0.3, -0.25) is 4.79 Å². The predicted molar refractivity (Wildman–Crippen MR) is 81.1 cm³/mol. The summed E-state index contributed by atoms with van der Waals surface area (Å²) in [6, 6.07) is 7.15. The van der Waals surface area contributed by atoms with Gasteiger partial charge in [-0.1, -0.05) is 50.5 Å². The van der Waals surface area contributed by atoms with E-state index in [-0.39, 0.29) is 5.97 Å². The van der Waals surface area contributed by atoms with Gasteiger partial charge in [0.25, 0.3) is 0 Å². The van der Waals surface area contributed by atoms with Crippen LogP contribution in [0.1, 0.15) is 45.4 Å². The van der Waals surface area contributed by atoms with Crippen LogP contribution < -0.4 is 9.47 Å². The third-order valence-corrected chi connectivity index (χ3v) is 2.97. The zero-order valence-electron chi connectivity index (χ0n) is 12.4. The Morgan fingerprint density at radius 1 is 1.10 bits per heavy atom. The molecule has 0 N–H and O–H groups in total. The molecule has 0 saturated carbocycles. The summed E-state index contributed by atoms with van der Waals surface area (Å²) >= 11 is 0. The Hall–Kier alpha value is -1.77. The number of carbonyl (C=O) groups excluding carboxylic acids is 1. The smallest absolute Gasteiger partial charge is 0.315 e. The number of esters is 1. The number of rotatable bonds is 9. The van der Waals surface area contributed by atoms with Crippen molar-refractivity contribution in [2.45, 2.75) is 45.4 Å². The van der Waals surface area contributed by atoms with Gasteiger partial charge in [-0.05, 0) is 25.0 Å². The fourth-order valence-corrected chi connectivity index (χ4v) is 1.85. The summed E-state index contributed by atoms with van der Waals surface area (Å²) in [4.78, 5) is 11.7. The highest BCUT2D eigenvalue weighted by molar-refractivity contribution is 5.74. The van der Waals surface area contributed by atoms with Crippen LogP contribution in [0.15, 0.2) is 36.4 Å². The molecule has 0 aliphatic carbocycles. The Kier molecular flexibility index (Phi) is 8.20. The molecule has 0 bridgehead atoms. The molecule has 0 spiro atoms. The lowest BCUT2D eigenvalue weighted by Gasteiger charge is -2.07. The van der Waals surface area contributed by atoms with Crippen molar-refractivity contribution in [3.8, 4) is 11.5 Å². The molecule has 0 saturated heterocycles. The van der Waals surface area contributed by atoms with Crippen molar-refractivity contribution in [2.75, 3.05) is 7.11 Å². The van der Waals surface area contributed by atoms with Gasteiger partial charge in [-0.25, -0.2) is 0 Å². The van der Waals surface area contributed by atoms with Crippen LogP contribution in [0.4, 0.5) is 0 Å². The second-order valence-corrected chi connectivity index (χ2v) is 4.65. The molecule has 0 fully saturated rings. The maximum absolute atomic E-state index is 11.7. The van der Waals surface area contributed by atoms with Crippen LogP contribution in [0.2, 0.25) is 0 Å². The number of carbonyl (C=O) groups is 1. The van der Waals surface area contributed by atoms with Gasteiger partial charge in [0.05, 0.1) is 13.5 Å². The van der Waals surface area contributed by atoms with Crippen LogP contribution in [-0.2, 0) is 4.79 Å². The molecule has 20 heavy (non-hydrogen) atoms. The molecule has 1 aromatic carbocycles. The largest absolute Gasteiger partial charge is 0.493 e. The average molecular weight is 276 g/mol. The Bertz CT molecular complexity index is 424. The SMILES string of the molecule is CCCCCC/C=C/CC(=O)Oc1ccccc1OC. The van der Waals surface area contributed by atoms with Gasteiger partial charge in [-0.2, -0.15) is 0 Å². The molecule has 0 radical (unpaired) electrons. The maximum atomic E-state index is 11.7. The van der Waals surface area contributed by atoms with E-state index in [0.717, 1.165) is 6.42 Å². The molecule has 110 valence electrons. The highest BCUT2D eigenvalue weighted by atomic mass is 16.6. The second kappa shape index (κ2) is 10.1. The van der Waals surface area contributed by atoms with Gasteiger partial charge in [0.2, 0.25) is 0 Å². The molecule has 0 unspecified atom stereocenters. The molecule has 1 rings (SSSR count). The van der Waals surface area contributed by atoms with E-state index in [4.69, 9.17) is 9.47 Å². The number of methoxy groups -OCH3 is 1. The van der Waals surface area contributed by atoms with E-state index in [1.807, 2.05) is 18.2 Å². The van der Waals surface area contributed by atoms with Gasteiger partial charge in [0.15, 0.2) is 11.5 Å². The lowest BCUT2D eigenvalue weighted by atomic mass is 10.1. The van der Waals surface area contributed by atoms with Crippen molar-refractivity contribution >= 4 is 5.97 Å². The van der Waals surface area contributed by atoms with Crippen molar-refractivity contribution in [3.63, 3.8) is 0 Å². The van der Waals surface area contributed by atoms with Gasteiger partial charge >= 0.3 is 5.97 Å². The van der Waals surface area contributed by atoms with E-state index in [1.165, 1.54) is 25.7 Å². The zero-order valence-corrected chi connectivity index (χ0v) is 12.4. The molecular formula is C17H24O3. The van der Waals surface area contributed by atoms with Crippen molar-refractivity contribution in [3.05, 3.63) is 36.4 Å². The van der Waals surface area contributed by atoms with Crippen LogP contribution >= 0.6 is 0 Å². The van der Waals surface area contributed by atoms with Crippen LogP contribution in [0.5, 0.6) is 11.5 Å². The van der Waals surface area contributed by atoms with Crippen molar-refractivity contribution in [1.82, 2.24) is 0 Å². The molecule has 0 aliphatic rings. The summed E-state index contributed by atoms with van der Waals surface area (Å²) in [6.45, 7) is 2.20. The second-order valence-electron chi connectivity index (χ2n) is 4.65. The van der Waals surface area contributed by atoms with Gasteiger partial charge in [0.1, 0.15) is 0 Å². The summed E-state index contributed by atoms with van der Waals surface area (Å²) < 4.78 is 10.4. The number of para-hydroxylation sites is 2. The molecule has 0 atom stereocenters. The van der Waals surface area contributed by atoms with Gasteiger partial charge in [0, 0.05) is 0 Å². The molecule has 0 aliphatic heterocycles. The quantitative estimate of drug-likeness (QED) is 0.288. The Morgan fingerprint density at radius 3 is 2.55 bits per heavy atom. The topological polar surface area (TPSA) is 35.5 Å². The van der Waals surface area contributed by atoms with E-state index < -0.39 is 0 Å². The van der Waals surface area contributed by atoms with Crippen molar-refractivity contribution < 1.29 is 14.3 Å². The minimum absolute atomic E-state index is 0.265. The number of allylic oxidation sites excluding steroid dienone is 1. The van der Waals surface area contributed by atoms with E-state index in [0.29, 0.717) is 17.9 Å². The van der Waals surface area contributed by atoms with E-state index >= 15 is 0 Å². The van der Waals surface area contributed by atoms with Crippen molar-refractivity contribution in [1.29, 1.82) is 0 Å². The first-order valence-corrected chi connectivity index (χ1v) is 7.26. The summed E-state index contributed by atoms with van der Waals surface area (Å²) in [7, 11) is 1.56. The maximum Gasteiger partial charge on any atom is 0.315 e. The zero-order chi connectivity index (χ0) is 14.6. The number of hydrogen-bond acceptors (Lipinski definition) is 3. The van der Waals surface area contributed by atoms with Crippen LogP contribution in [0, 0.1) is 0 Å². The Balaban J connectivity index is 2.28. The van der Waals surface area contributed by atoms with Crippen molar-refractivity contribution in [2.24, 2.45) is 0 Å². The number of benzene rings is 1. The first kappa shape index (κ1) is 16.3. The van der Waals surface area contributed by atoms with E-state index in [9.17, 15) is 4.79 Å². The van der Waals surface area contributed by atoms with Crippen LogP contribution in [0.3, 0.4) is 0 Å². The summed E-state index contributed by atoms with van der Waals surface area (Å²) in [5, 5.41) is 0. The summed E-state index contributed by atoms with van der Waals surface area (Å²) in [6.07, 6.45) is 10.2. The first-order chi connectivity index (χ1) is 9.77. The lowest BCUT2D eigenvalue weighted by Crippen LogP contribution is -2.07. The minimum atomic E-state index is -0.265. The Morgan fingerprint density at radius 2 is 1.85 bits per heavy atom. The van der Waals surface area contributed by atoms with E-state index in [1.54, 1.807) is 19.2 Å². The van der Waals surface area contributed by atoms with Gasteiger partial charge in [-0.15, -0.1) is 0 Å². The molecule has 0 amide bonds. The fraction of sp³-hybridized carbons (Fsp3) is 0.471. The molecule has 3 nitrogen and oxygen atoms in total.